The molecule has 0 atom stereocenters. The molecule has 2 aliphatic rings. The number of aliphatic imine (C=N–C) groups is 1. The lowest BCUT2D eigenvalue weighted by atomic mass is 10.1. The second-order valence-electron chi connectivity index (χ2n) is 8.39. The van der Waals surface area contributed by atoms with Gasteiger partial charge in [-0.25, -0.2) is 0 Å². The minimum atomic E-state index is 0. The van der Waals surface area contributed by atoms with Crippen LogP contribution in [0.2, 0.25) is 0 Å². The molecule has 1 N–H and O–H groups in total. The van der Waals surface area contributed by atoms with Gasteiger partial charge >= 0.3 is 0 Å². The Balaban J connectivity index is 0.00000341. The third-order valence-corrected chi connectivity index (χ3v) is 5.66. The Morgan fingerprint density at radius 1 is 1.10 bits per heavy atom. The predicted octanol–water partition coefficient (Wildman–Crippen LogP) is 1.95. The molecule has 3 heterocycles. The quantitative estimate of drug-likeness (QED) is 0.317. The van der Waals surface area contributed by atoms with Gasteiger partial charge in [0.1, 0.15) is 0 Å². The summed E-state index contributed by atoms with van der Waals surface area (Å²) in [6.07, 6.45) is 4.17. The van der Waals surface area contributed by atoms with E-state index in [-0.39, 0.29) is 35.8 Å². The van der Waals surface area contributed by atoms with Gasteiger partial charge in [0.25, 0.3) is 0 Å². The van der Waals surface area contributed by atoms with Gasteiger partial charge in [0, 0.05) is 58.2 Å². The number of rotatable bonds is 7. The van der Waals surface area contributed by atoms with E-state index in [0.717, 1.165) is 70.4 Å². The summed E-state index contributed by atoms with van der Waals surface area (Å²) >= 11 is 0. The van der Waals surface area contributed by atoms with Crippen molar-refractivity contribution in [2.45, 2.75) is 52.4 Å². The molecule has 0 aliphatic carbocycles. The Morgan fingerprint density at radius 2 is 1.81 bits per heavy atom. The first kappa shape index (κ1) is 25.8. The first-order chi connectivity index (χ1) is 14.6. The van der Waals surface area contributed by atoms with Crippen LogP contribution < -0.4 is 5.32 Å². The van der Waals surface area contributed by atoms with Gasteiger partial charge in [-0.1, -0.05) is 19.0 Å². The van der Waals surface area contributed by atoms with Crippen molar-refractivity contribution in [2.75, 3.05) is 58.9 Å². The Morgan fingerprint density at radius 3 is 2.42 bits per heavy atom. The third-order valence-electron chi connectivity index (χ3n) is 5.66. The SMILES string of the molecule is CCNC(=NCCc1nc(C(C)C)no1)N1CCN(CC(=O)N2CCCCC2)CC1.I. The fourth-order valence-corrected chi connectivity index (χ4v) is 3.84. The predicted molar refractivity (Wildman–Crippen MR) is 132 cm³/mol. The second kappa shape index (κ2) is 13.2. The zero-order chi connectivity index (χ0) is 21.3. The first-order valence-corrected chi connectivity index (χ1v) is 11.4. The van der Waals surface area contributed by atoms with E-state index in [1.807, 2.05) is 4.90 Å². The largest absolute Gasteiger partial charge is 0.357 e. The normalized spacial score (nSPS) is 18.3. The number of piperazine rings is 1. The Hall–Kier alpha value is -1.43. The van der Waals surface area contributed by atoms with Crippen molar-refractivity contribution < 1.29 is 9.32 Å². The van der Waals surface area contributed by atoms with Crippen molar-refractivity contribution in [3.8, 4) is 0 Å². The highest BCUT2D eigenvalue weighted by Crippen LogP contribution is 2.11. The van der Waals surface area contributed by atoms with Crippen LogP contribution in [0.25, 0.3) is 0 Å². The highest BCUT2D eigenvalue weighted by atomic mass is 127. The standard InChI is InChI=1S/C21H37N7O2.HI/c1-4-22-21(23-9-8-18-24-20(17(2)3)25-30-18)28-14-12-26(13-15-28)16-19(29)27-10-6-5-7-11-27;/h17H,4-16H2,1-3H3,(H,22,23);1H. The summed E-state index contributed by atoms with van der Waals surface area (Å²) in [7, 11) is 0. The molecule has 3 rings (SSSR count). The number of piperidine rings is 1. The fourth-order valence-electron chi connectivity index (χ4n) is 3.84. The molecule has 2 aliphatic heterocycles. The maximum atomic E-state index is 12.5. The van der Waals surface area contributed by atoms with Crippen LogP contribution in [0.4, 0.5) is 0 Å². The number of nitrogens with one attached hydrogen (secondary N) is 1. The van der Waals surface area contributed by atoms with E-state index < -0.39 is 0 Å². The minimum Gasteiger partial charge on any atom is -0.357 e. The molecule has 31 heavy (non-hydrogen) atoms. The van der Waals surface area contributed by atoms with Gasteiger partial charge in [-0.05, 0) is 26.2 Å². The number of amides is 1. The van der Waals surface area contributed by atoms with E-state index in [2.05, 4.69) is 46.0 Å². The number of likely N-dealkylation sites (tertiary alicyclic amines) is 1. The molecule has 2 fully saturated rings. The molecule has 10 heteroatoms. The molecule has 9 nitrogen and oxygen atoms in total. The molecule has 176 valence electrons. The van der Waals surface area contributed by atoms with Crippen LogP contribution in [0.5, 0.6) is 0 Å². The van der Waals surface area contributed by atoms with Crippen molar-refractivity contribution in [1.29, 1.82) is 0 Å². The molecule has 0 spiro atoms. The fraction of sp³-hybridized carbons (Fsp3) is 0.810. The summed E-state index contributed by atoms with van der Waals surface area (Å²) in [6.45, 7) is 13.5. The van der Waals surface area contributed by atoms with Crippen LogP contribution in [-0.4, -0.2) is 95.6 Å². The maximum Gasteiger partial charge on any atom is 0.236 e. The summed E-state index contributed by atoms with van der Waals surface area (Å²) in [5.74, 6) is 2.85. The molecule has 1 amide bonds. The molecule has 1 aromatic heterocycles. The maximum absolute atomic E-state index is 12.5. The zero-order valence-corrected chi connectivity index (χ0v) is 21.5. The average Bonchev–Trinajstić information content (AvgIpc) is 3.24. The third kappa shape index (κ3) is 7.89. The van der Waals surface area contributed by atoms with Crippen LogP contribution in [0.3, 0.4) is 0 Å². The Bertz CT molecular complexity index is 696. The number of hydrogen-bond donors (Lipinski definition) is 1. The minimum absolute atomic E-state index is 0. The van der Waals surface area contributed by atoms with E-state index in [1.165, 1.54) is 6.42 Å². The summed E-state index contributed by atoms with van der Waals surface area (Å²) < 4.78 is 5.31. The number of nitrogens with zero attached hydrogens (tertiary/aromatic N) is 6. The highest BCUT2D eigenvalue weighted by molar-refractivity contribution is 14.0. The van der Waals surface area contributed by atoms with Crippen LogP contribution in [0, 0.1) is 0 Å². The number of halogens is 1. The van der Waals surface area contributed by atoms with Gasteiger partial charge in [-0.2, -0.15) is 4.98 Å². The van der Waals surface area contributed by atoms with Crippen molar-refractivity contribution in [3.63, 3.8) is 0 Å². The number of guanidine groups is 1. The van der Waals surface area contributed by atoms with Crippen LogP contribution in [0.15, 0.2) is 9.52 Å². The summed E-state index contributed by atoms with van der Waals surface area (Å²) in [6, 6.07) is 0. The topological polar surface area (TPSA) is 90.1 Å². The van der Waals surface area contributed by atoms with E-state index >= 15 is 0 Å². The number of carbonyl (C=O) groups excluding carboxylic acids is 1. The monoisotopic (exact) mass is 547 g/mol. The lowest BCUT2D eigenvalue weighted by Gasteiger charge is -2.37. The molecule has 0 radical (unpaired) electrons. The van der Waals surface area contributed by atoms with E-state index in [4.69, 9.17) is 9.52 Å². The van der Waals surface area contributed by atoms with Crippen molar-refractivity contribution >= 4 is 35.8 Å². The summed E-state index contributed by atoms with van der Waals surface area (Å²) in [5.41, 5.74) is 0. The highest BCUT2D eigenvalue weighted by Gasteiger charge is 2.24. The molecule has 0 bridgehead atoms. The summed E-state index contributed by atoms with van der Waals surface area (Å²) in [5, 5.41) is 7.39. The molecule has 0 saturated carbocycles. The van der Waals surface area contributed by atoms with Gasteiger partial charge in [-0.3, -0.25) is 14.7 Å². The molecule has 0 unspecified atom stereocenters. The summed E-state index contributed by atoms with van der Waals surface area (Å²) in [4.78, 5) is 28.3. The van der Waals surface area contributed by atoms with Gasteiger partial charge in [0.2, 0.25) is 11.8 Å². The lowest BCUT2D eigenvalue weighted by molar-refractivity contribution is -0.133. The van der Waals surface area contributed by atoms with Crippen molar-refractivity contribution in [3.05, 3.63) is 11.7 Å². The zero-order valence-electron chi connectivity index (χ0n) is 19.2. The molecule has 1 aromatic rings. The van der Waals surface area contributed by atoms with Crippen LogP contribution in [-0.2, 0) is 11.2 Å². The van der Waals surface area contributed by atoms with E-state index in [0.29, 0.717) is 25.4 Å². The number of hydrogen-bond acceptors (Lipinski definition) is 6. The smallest absolute Gasteiger partial charge is 0.236 e. The van der Waals surface area contributed by atoms with Gasteiger partial charge in [-0.15, -0.1) is 24.0 Å². The number of aromatic nitrogens is 2. The van der Waals surface area contributed by atoms with Gasteiger partial charge < -0.3 is 19.6 Å². The molecular formula is C21H38IN7O2. The van der Waals surface area contributed by atoms with E-state index in [9.17, 15) is 4.79 Å². The van der Waals surface area contributed by atoms with Crippen LogP contribution >= 0.6 is 24.0 Å². The first-order valence-electron chi connectivity index (χ1n) is 11.4. The molecule has 2 saturated heterocycles. The second-order valence-corrected chi connectivity index (χ2v) is 8.39. The van der Waals surface area contributed by atoms with Crippen LogP contribution in [0.1, 0.15) is 57.7 Å². The van der Waals surface area contributed by atoms with Gasteiger partial charge in [0.15, 0.2) is 11.8 Å². The van der Waals surface area contributed by atoms with E-state index in [1.54, 1.807) is 0 Å². The lowest BCUT2D eigenvalue weighted by Crippen LogP contribution is -2.54. The average molecular weight is 547 g/mol. The van der Waals surface area contributed by atoms with Crippen molar-refractivity contribution in [1.82, 2.24) is 30.2 Å². The number of carbonyl (C=O) groups is 1. The molecule has 0 aromatic carbocycles. The Kier molecular flexibility index (Phi) is 11.0. The van der Waals surface area contributed by atoms with Gasteiger partial charge in [0.05, 0.1) is 13.1 Å². The Labute approximate surface area is 203 Å². The molecular weight excluding hydrogens is 509 g/mol. The van der Waals surface area contributed by atoms with Crippen molar-refractivity contribution in [2.24, 2.45) is 4.99 Å².